The molecule has 0 heterocycles. The Morgan fingerprint density at radius 1 is 0.917 bits per heavy atom. The maximum absolute atomic E-state index is 10.0. The molecule has 0 aliphatic carbocycles. The minimum atomic E-state index is -0.963. The molecule has 12 heavy (non-hydrogen) atoms. The summed E-state index contributed by atoms with van der Waals surface area (Å²) in [6, 6.07) is 0. The molecule has 5 nitrogen and oxygen atoms in total. The number of carbonyl (C=O) groups is 2. The van der Waals surface area contributed by atoms with Crippen LogP contribution in [0.2, 0.25) is 0 Å². The zero-order valence-corrected chi connectivity index (χ0v) is 6.54. The van der Waals surface area contributed by atoms with Crippen molar-refractivity contribution >= 4 is 17.7 Å². The van der Waals surface area contributed by atoms with E-state index >= 15 is 0 Å². The van der Waals surface area contributed by atoms with Crippen molar-refractivity contribution in [2.45, 2.75) is 25.7 Å². The third-order valence-electron chi connectivity index (χ3n) is 1.28. The molecule has 0 aromatic rings. The van der Waals surface area contributed by atoms with E-state index in [2.05, 4.69) is 0 Å². The summed E-state index contributed by atoms with van der Waals surface area (Å²) in [6.45, 7) is 0. The average molecular weight is 173 g/mol. The van der Waals surface area contributed by atoms with Gasteiger partial charge in [0.25, 0.3) is 0 Å². The van der Waals surface area contributed by atoms with Crippen LogP contribution in [0.3, 0.4) is 0 Å². The van der Waals surface area contributed by atoms with Gasteiger partial charge in [-0.2, -0.15) is 0 Å². The molecule has 0 aliphatic rings. The van der Waals surface area contributed by atoms with Gasteiger partial charge in [0.15, 0.2) is 0 Å². The fourth-order valence-corrected chi connectivity index (χ4v) is 0.641. The minimum absolute atomic E-state index is 0.0988. The van der Waals surface area contributed by atoms with Crippen molar-refractivity contribution in [2.24, 2.45) is 0 Å². The van der Waals surface area contributed by atoms with Gasteiger partial charge in [-0.15, -0.1) is 0 Å². The van der Waals surface area contributed by atoms with Crippen LogP contribution in [0, 0.1) is 5.41 Å². The smallest absolute Gasteiger partial charge is 0.303 e. The van der Waals surface area contributed by atoms with Crippen molar-refractivity contribution in [3.05, 3.63) is 0 Å². The van der Waals surface area contributed by atoms with Crippen LogP contribution in [0.4, 0.5) is 0 Å². The molecule has 0 fully saturated rings. The predicted molar refractivity (Wildman–Crippen MR) is 41.5 cm³/mol. The van der Waals surface area contributed by atoms with Gasteiger partial charge in [-0.1, -0.05) is 0 Å². The lowest BCUT2D eigenvalue weighted by Gasteiger charge is -1.98. The highest BCUT2D eigenvalue weighted by molar-refractivity contribution is 5.86. The first-order chi connectivity index (χ1) is 5.52. The predicted octanol–water partition coefficient (Wildman–Crippen LogP) is 0.736. The summed E-state index contributed by atoms with van der Waals surface area (Å²) < 4.78 is 0. The number of nitrogens with one attached hydrogen (secondary N) is 1. The molecule has 0 atom stereocenters. The second kappa shape index (κ2) is 5.29. The Bertz CT molecular complexity index is 180. The van der Waals surface area contributed by atoms with Crippen LogP contribution >= 0.6 is 0 Å². The minimum Gasteiger partial charge on any atom is -0.481 e. The van der Waals surface area contributed by atoms with Gasteiger partial charge in [0.05, 0.1) is 12.8 Å². The lowest BCUT2D eigenvalue weighted by molar-refractivity contribution is -0.137. The van der Waals surface area contributed by atoms with Crippen LogP contribution in [0.1, 0.15) is 25.7 Å². The molecule has 0 spiro atoms. The van der Waals surface area contributed by atoms with Crippen molar-refractivity contribution in [3.8, 4) is 0 Å². The van der Waals surface area contributed by atoms with E-state index in [0.717, 1.165) is 0 Å². The molecule has 3 N–H and O–H groups in total. The molecule has 0 aliphatic heterocycles. The molecule has 0 aromatic heterocycles. The highest BCUT2D eigenvalue weighted by atomic mass is 16.4. The molecule has 0 rings (SSSR count). The SMILES string of the molecule is N=C(CCC(=O)O)CCC(=O)O. The van der Waals surface area contributed by atoms with Crippen molar-refractivity contribution < 1.29 is 19.8 Å². The van der Waals surface area contributed by atoms with Crippen LogP contribution in [0.15, 0.2) is 0 Å². The molecule has 0 saturated heterocycles. The molecule has 0 saturated carbocycles. The molecular formula is C7H11NO4. The second-order valence-corrected chi connectivity index (χ2v) is 2.39. The van der Waals surface area contributed by atoms with Gasteiger partial charge in [0.1, 0.15) is 0 Å². The number of rotatable bonds is 6. The third kappa shape index (κ3) is 6.73. The van der Waals surface area contributed by atoms with Crippen LogP contribution < -0.4 is 0 Å². The van der Waals surface area contributed by atoms with Gasteiger partial charge < -0.3 is 15.6 Å². The average Bonchev–Trinajstić information content (AvgIpc) is 1.96. The van der Waals surface area contributed by atoms with Gasteiger partial charge in [-0.3, -0.25) is 9.59 Å². The van der Waals surface area contributed by atoms with E-state index < -0.39 is 11.9 Å². The molecule has 0 radical (unpaired) electrons. The van der Waals surface area contributed by atoms with Crippen molar-refractivity contribution in [1.82, 2.24) is 0 Å². The maximum Gasteiger partial charge on any atom is 0.303 e. The van der Waals surface area contributed by atoms with E-state index in [1.54, 1.807) is 0 Å². The molecule has 5 heteroatoms. The first kappa shape index (κ1) is 10.6. The van der Waals surface area contributed by atoms with E-state index in [1.165, 1.54) is 0 Å². The van der Waals surface area contributed by atoms with E-state index in [1.807, 2.05) is 0 Å². The van der Waals surface area contributed by atoms with Crippen molar-refractivity contribution in [2.75, 3.05) is 0 Å². The lowest BCUT2D eigenvalue weighted by atomic mass is 10.1. The zero-order chi connectivity index (χ0) is 9.56. The molecule has 0 unspecified atom stereocenters. The van der Waals surface area contributed by atoms with Crippen LogP contribution in [0.5, 0.6) is 0 Å². The molecule has 0 aromatic carbocycles. The third-order valence-corrected chi connectivity index (χ3v) is 1.28. The number of carboxylic acids is 2. The lowest BCUT2D eigenvalue weighted by Crippen LogP contribution is -2.05. The Morgan fingerprint density at radius 3 is 1.50 bits per heavy atom. The Balaban J connectivity index is 3.47. The largest absolute Gasteiger partial charge is 0.481 e. The second-order valence-electron chi connectivity index (χ2n) is 2.39. The Hall–Kier alpha value is -1.39. The summed E-state index contributed by atoms with van der Waals surface area (Å²) in [6.07, 6.45) is 0.0854. The van der Waals surface area contributed by atoms with Gasteiger partial charge in [0.2, 0.25) is 0 Å². The first-order valence-electron chi connectivity index (χ1n) is 3.52. The quantitative estimate of drug-likeness (QED) is 0.516. The highest BCUT2D eigenvalue weighted by Crippen LogP contribution is 1.98. The Morgan fingerprint density at radius 2 is 1.25 bits per heavy atom. The maximum atomic E-state index is 10.0. The summed E-state index contributed by atoms with van der Waals surface area (Å²) >= 11 is 0. The molecule has 68 valence electrons. The summed E-state index contributed by atoms with van der Waals surface area (Å²) in [7, 11) is 0. The van der Waals surface area contributed by atoms with Crippen LogP contribution in [0.25, 0.3) is 0 Å². The number of hydrogen-bond acceptors (Lipinski definition) is 3. The normalized spacial score (nSPS) is 9.33. The van der Waals surface area contributed by atoms with Gasteiger partial charge in [-0.05, 0) is 12.8 Å². The van der Waals surface area contributed by atoms with E-state index in [4.69, 9.17) is 15.6 Å². The number of carboxylic acid groups (broad SMARTS) is 2. The van der Waals surface area contributed by atoms with Crippen molar-refractivity contribution in [3.63, 3.8) is 0 Å². The van der Waals surface area contributed by atoms with E-state index in [0.29, 0.717) is 0 Å². The molecule has 0 amide bonds. The summed E-state index contributed by atoms with van der Waals surface area (Å²) in [5, 5.41) is 23.6. The van der Waals surface area contributed by atoms with Crippen LogP contribution in [-0.4, -0.2) is 27.9 Å². The monoisotopic (exact) mass is 173 g/mol. The van der Waals surface area contributed by atoms with Gasteiger partial charge >= 0.3 is 11.9 Å². The first-order valence-corrected chi connectivity index (χ1v) is 3.52. The fourth-order valence-electron chi connectivity index (χ4n) is 0.641. The number of aliphatic carboxylic acids is 2. The highest BCUT2D eigenvalue weighted by Gasteiger charge is 2.04. The van der Waals surface area contributed by atoms with Crippen molar-refractivity contribution in [1.29, 1.82) is 5.41 Å². The molecular weight excluding hydrogens is 162 g/mol. The zero-order valence-electron chi connectivity index (χ0n) is 6.54. The fraction of sp³-hybridized carbons (Fsp3) is 0.571. The van der Waals surface area contributed by atoms with E-state index in [-0.39, 0.29) is 31.4 Å². The number of hydrogen-bond donors (Lipinski definition) is 3. The topological polar surface area (TPSA) is 98.5 Å². The summed E-state index contributed by atoms with van der Waals surface area (Å²) in [4.78, 5) is 20.1. The summed E-state index contributed by atoms with van der Waals surface area (Å²) in [5.41, 5.74) is 0.180. The summed E-state index contributed by atoms with van der Waals surface area (Å²) in [5.74, 6) is -1.93. The van der Waals surface area contributed by atoms with Gasteiger partial charge in [-0.25, -0.2) is 0 Å². The Labute approximate surface area is 69.5 Å². The van der Waals surface area contributed by atoms with Gasteiger partial charge in [0, 0.05) is 5.71 Å². The van der Waals surface area contributed by atoms with E-state index in [9.17, 15) is 9.59 Å². The van der Waals surface area contributed by atoms with Crippen LogP contribution in [-0.2, 0) is 9.59 Å². The molecule has 0 bridgehead atoms. The Kier molecular flexibility index (Phi) is 4.67. The standard InChI is InChI=1S/C7H11NO4/c8-5(1-3-6(9)10)2-4-7(11)12/h8H,1-4H2,(H,9,10)(H,11,12).